The van der Waals surface area contributed by atoms with Gasteiger partial charge in [-0.05, 0) is 26.2 Å². The van der Waals surface area contributed by atoms with Crippen LogP contribution in [-0.2, 0) is 4.74 Å². The molecule has 0 bridgehead atoms. The number of ether oxygens (including phenoxy) is 1. The molecule has 0 amide bonds. The molecule has 1 rings (SSSR count). The van der Waals surface area contributed by atoms with E-state index in [1.165, 1.54) is 0 Å². The fourth-order valence-corrected chi connectivity index (χ4v) is 2.36. The number of rotatable bonds is 2. The van der Waals surface area contributed by atoms with Gasteiger partial charge in [0.05, 0.1) is 24.4 Å². The predicted octanol–water partition coefficient (Wildman–Crippen LogP) is 1.84. The van der Waals surface area contributed by atoms with E-state index in [0.29, 0.717) is 17.7 Å². The Kier molecular flexibility index (Phi) is 5.53. The molecular formula is C11H21BrO3. The first kappa shape index (κ1) is 13.4. The third-order valence-corrected chi connectivity index (χ3v) is 4.20. The SMILES string of the molecule is CC[C@@H](Br)[C@@H]1CC[C@@H](O)[C@@H](O)C[C@@H](C)O1. The van der Waals surface area contributed by atoms with Gasteiger partial charge in [0.1, 0.15) is 0 Å². The van der Waals surface area contributed by atoms with Crippen molar-refractivity contribution in [1.82, 2.24) is 0 Å². The van der Waals surface area contributed by atoms with Gasteiger partial charge < -0.3 is 14.9 Å². The highest BCUT2D eigenvalue weighted by molar-refractivity contribution is 9.09. The molecule has 1 aliphatic rings. The summed E-state index contributed by atoms with van der Waals surface area (Å²) < 4.78 is 5.84. The van der Waals surface area contributed by atoms with Gasteiger partial charge in [-0.1, -0.05) is 22.9 Å². The lowest BCUT2D eigenvalue weighted by Crippen LogP contribution is -2.38. The highest BCUT2D eigenvalue weighted by Crippen LogP contribution is 2.25. The first-order valence-electron chi connectivity index (χ1n) is 5.70. The average molecular weight is 281 g/mol. The molecule has 0 saturated carbocycles. The molecule has 0 aromatic heterocycles. The molecule has 0 unspecified atom stereocenters. The lowest BCUT2D eigenvalue weighted by atomic mass is 9.97. The molecule has 1 aliphatic heterocycles. The Morgan fingerprint density at radius 2 is 2.00 bits per heavy atom. The van der Waals surface area contributed by atoms with Crippen LogP contribution in [0.3, 0.4) is 0 Å². The highest BCUT2D eigenvalue weighted by atomic mass is 79.9. The molecule has 0 radical (unpaired) electrons. The molecule has 90 valence electrons. The number of hydrogen-bond acceptors (Lipinski definition) is 3. The summed E-state index contributed by atoms with van der Waals surface area (Å²) in [4.78, 5) is 0.336. The smallest absolute Gasteiger partial charge is 0.0823 e. The molecule has 0 spiro atoms. The van der Waals surface area contributed by atoms with Crippen molar-refractivity contribution < 1.29 is 14.9 Å². The van der Waals surface area contributed by atoms with Crippen LogP contribution >= 0.6 is 15.9 Å². The lowest BCUT2D eigenvalue weighted by Gasteiger charge is -2.32. The molecule has 3 nitrogen and oxygen atoms in total. The second-order valence-electron chi connectivity index (χ2n) is 4.36. The number of halogens is 1. The largest absolute Gasteiger partial charge is 0.390 e. The van der Waals surface area contributed by atoms with Gasteiger partial charge >= 0.3 is 0 Å². The summed E-state index contributed by atoms with van der Waals surface area (Å²) >= 11 is 3.59. The second-order valence-corrected chi connectivity index (χ2v) is 5.53. The van der Waals surface area contributed by atoms with Crippen molar-refractivity contribution in [2.75, 3.05) is 0 Å². The van der Waals surface area contributed by atoms with Crippen molar-refractivity contribution in [2.24, 2.45) is 0 Å². The van der Waals surface area contributed by atoms with E-state index in [1.54, 1.807) is 0 Å². The summed E-state index contributed by atoms with van der Waals surface area (Å²) in [5, 5.41) is 19.2. The van der Waals surface area contributed by atoms with Gasteiger partial charge in [0.25, 0.3) is 0 Å². The van der Waals surface area contributed by atoms with Gasteiger partial charge in [-0.15, -0.1) is 0 Å². The third kappa shape index (κ3) is 4.02. The van der Waals surface area contributed by atoms with Gasteiger partial charge in [-0.2, -0.15) is 0 Å². The maximum Gasteiger partial charge on any atom is 0.0823 e. The molecule has 0 aromatic rings. The van der Waals surface area contributed by atoms with E-state index in [9.17, 15) is 10.2 Å². The van der Waals surface area contributed by atoms with Crippen molar-refractivity contribution in [1.29, 1.82) is 0 Å². The number of hydrogen-bond donors (Lipinski definition) is 2. The summed E-state index contributed by atoms with van der Waals surface area (Å²) in [6, 6.07) is 0. The van der Waals surface area contributed by atoms with Crippen LogP contribution in [0, 0.1) is 0 Å². The maximum absolute atomic E-state index is 9.65. The zero-order chi connectivity index (χ0) is 11.4. The summed E-state index contributed by atoms with van der Waals surface area (Å²) in [5.74, 6) is 0. The van der Waals surface area contributed by atoms with Crippen molar-refractivity contribution in [2.45, 2.75) is 68.8 Å². The van der Waals surface area contributed by atoms with Crippen LogP contribution in [0.4, 0.5) is 0 Å². The van der Waals surface area contributed by atoms with Crippen LogP contribution in [0.25, 0.3) is 0 Å². The zero-order valence-electron chi connectivity index (χ0n) is 9.40. The molecule has 15 heavy (non-hydrogen) atoms. The van der Waals surface area contributed by atoms with Crippen LogP contribution in [0.5, 0.6) is 0 Å². The molecule has 4 heteroatoms. The van der Waals surface area contributed by atoms with Crippen LogP contribution < -0.4 is 0 Å². The van der Waals surface area contributed by atoms with Gasteiger partial charge in [-0.25, -0.2) is 0 Å². The summed E-state index contributed by atoms with van der Waals surface area (Å²) in [5.41, 5.74) is 0. The molecule has 1 heterocycles. The van der Waals surface area contributed by atoms with E-state index in [1.807, 2.05) is 6.92 Å². The molecule has 0 aromatic carbocycles. The Morgan fingerprint density at radius 3 is 2.60 bits per heavy atom. The fraction of sp³-hybridized carbons (Fsp3) is 1.00. The van der Waals surface area contributed by atoms with Gasteiger partial charge in [0, 0.05) is 11.2 Å². The Labute approximate surface area is 100.0 Å². The minimum absolute atomic E-state index is 0.00606. The first-order chi connectivity index (χ1) is 7.04. The first-order valence-corrected chi connectivity index (χ1v) is 6.61. The van der Waals surface area contributed by atoms with E-state index in [4.69, 9.17) is 4.74 Å². The Morgan fingerprint density at radius 1 is 1.33 bits per heavy atom. The summed E-state index contributed by atoms with van der Waals surface area (Å²) in [6.07, 6.45) is 1.84. The Balaban J connectivity index is 2.55. The lowest BCUT2D eigenvalue weighted by molar-refractivity contribution is -0.0839. The molecule has 1 saturated heterocycles. The standard InChI is InChI=1S/C11H21BrO3/c1-3-8(12)11-5-4-9(13)10(14)6-7(2)15-11/h7-11,13-14H,3-6H2,1-2H3/t7-,8-,9-,10+,11+/m1/s1. The maximum atomic E-state index is 9.65. The van der Waals surface area contributed by atoms with Crippen molar-refractivity contribution in [3.63, 3.8) is 0 Å². The van der Waals surface area contributed by atoms with Crippen molar-refractivity contribution in [3.05, 3.63) is 0 Å². The van der Waals surface area contributed by atoms with E-state index in [-0.39, 0.29) is 12.2 Å². The van der Waals surface area contributed by atoms with Crippen LogP contribution in [-0.4, -0.2) is 39.5 Å². The van der Waals surface area contributed by atoms with Gasteiger partial charge in [0.2, 0.25) is 0 Å². The summed E-state index contributed by atoms with van der Waals surface area (Å²) in [7, 11) is 0. The number of aliphatic hydroxyl groups excluding tert-OH is 2. The van der Waals surface area contributed by atoms with Crippen LogP contribution in [0.1, 0.15) is 39.5 Å². The Bertz CT molecular complexity index is 189. The molecule has 5 atom stereocenters. The predicted molar refractivity (Wildman–Crippen MR) is 63.2 cm³/mol. The van der Waals surface area contributed by atoms with Crippen LogP contribution in [0.15, 0.2) is 0 Å². The molecular weight excluding hydrogens is 260 g/mol. The van der Waals surface area contributed by atoms with Crippen molar-refractivity contribution in [3.8, 4) is 0 Å². The van der Waals surface area contributed by atoms with E-state index < -0.39 is 12.2 Å². The van der Waals surface area contributed by atoms with Crippen molar-refractivity contribution >= 4 is 15.9 Å². The van der Waals surface area contributed by atoms with E-state index in [0.717, 1.165) is 12.8 Å². The Hall–Kier alpha value is 0.360. The highest BCUT2D eigenvalue weighted by Gasteiger charge is 2.28. The minimum atomic E-state index is -0.642. The fourth-order valence-electron chi connectivity index (χ4n) is 1.98. The second kappa shape index (κ2) is 6.18. The average Bonchev–Trinajstić information content (AvgIpc) is 2.20. The quantitative estimate of drug-likeness (QED) is 0.759. The minimum Gasteiger partial charge on any atom is -0.390 e. The zero-order valence-corrected chi connectivity index (χ0v) is 11.0. The van der Waals surface area contributed by atoms with Crippen LogP contribution in [0.2, 0.25) is 0 Å². The van der Waals surface area contributed by atoms with Gasteiger partial charge in [0.15, 0.2) is 0 Å². The van der Waals surface area contributed by atoms with Gasteiger partial charge in [-0.3, -0.25) is 0 Å². The topological polar surface area (TPSA) is 49.7 Å². The number of aliphatic hydroxyl groups is 2. The molecule has 2 N–H and O–H groups in total. The molecule has 0 aliphatic carbocycles. The summed E-state index contributed by atoms with van der Waals surface area (Å²) in [6.45, 7) is 4.06. The van der Waals surface area contributed by atoms with E-state index in [2.05, 4.69) is 22.9 Å². The molecule has 1 fully saturated rings. The van der Waals surface area contributed by atoms with E-state index >= 15 is 0 Å². The monoisotopic (exact) mass is 280 g/mol. The third-order valence-electron chi connectivity index (χ3n) is 2.97. The normalized spacial score (nSPS) is 40.6. The number of alkyl halides is 1.